The number of rotatable bonds is 5. The van der Waals surface area contributed by atoms with Crippen molar-refractivity contribution in [2.24, 2.45) is 0 Å². The van der Waals surface area contributed by atoms with Gasteiger partial charge in [-0.1, -0.05) is 17.7 Å². The molecule has 0 radical (unpaired) electrons. The van der Waals surface area contributed by atoms with Crippen molar-refractivity contribution in [3.8, 4) is 5.75 Å². The second kappa shape index (κ2) is 6.56. The van der Waals surface area contributed by atoms with Crippen LogP contribution >= 0.6 is 0 Å². The van der Waals surface area contributed by atoms with Crippen LogP contribution in [0.4, 0.5) is 5.69 Å². The van der Waals surface area contributed by atoms with Gasteiger partial charge in [-0.3, -0.25) is 4.79 Å². The molecule has 0 saturated heterocycles. The van der Waals surface area contributed by atoms with E-state index >= 15 is 0 Å². The number of hydrogen-bond donors (Lipinski definition) is 2. The average molecular weight is 285 g/mol. The third-order valence-electron chi connectivity index (χ3n) is 2.79. The standard InChI is InChI=1S/C16H15NO4/c1-11-2-6-13(7-3-11)17-16(20)12-4-8-14(9-5-12)21-10-15(18)19/h2-9H,10H2,1H3,(H,17,20)(H,18,19). The number of carboxylic acids is 1. The Morgan fingerprint density at radius 1 is 1.05 bits per heavy atom. The topological polar surface area (TPSA) is 75.6 Å². The lowest BCUT2D eigenvalue weighted by Crippen LogP contribution is -2.12. The second-order valence-electron chi connectivity index (χ2n) is 4.53. The van der Waals surface area contributed by atoms with Crippen molar-refractivity contribution in [1.29, 1.82) is 0 Å². The summed E-state index contributed by atoms with van der Waals surface area (Å²) in [4.78, 5) is 22.4. The maximum atomic E-state index is 12.0. The van der Waals surface area contributed by atoms with Crippen molar-refractivity contribution in [3.05, 3.63) is 59.7 Å². The highest BCUT2D eigenvalue weighted by Gasteiger charge is 2.06. The number of hydrogen-bond acceptors (Lipinski definition) is 3. The van der Waals surface area contributed by atoms with Gasteiger partial charge in [-0.25, -0.2) is 4.79 Å². The van der Waals surface area contributed by atoms with Crippen molar-refractivity contribution in [2.75, 3.05) is 11.9 Å². The summed E-state index contributed by atoms with van der Waals surface area (Å²) < 4.78 is 5.00. The van der Waals surface area contributed by atoms with Gasteiger partial charge in [0.2, 0.25) is 0 Å². The number of benzene rings is 2. The van der Waals surface area contributed by atoms with Crippen LogP contribution in [0, 0.1) is 6.92 Å². The van der Waals surface area contributed by atoms with E-state index in [4.69, 9.17) is 9.84 Å². The Morgan fingerprint density at radius 2 is 1.67 bits per heavy atom. The maximum Gasteiger partial charge on any atom is 0.341 e. The SMILES string of the molecule is Cc1ccc(NC(=O)c2ccc(OCC(=O)O)cc2)cc1. The Kier molecular flexibility index (Phi) is 4.56. The fourth-order valence-corrected chi connectivity index (χ4v) is 1.69. The number of anilines is 1. The van der Waals surface area contributed by atoms with Gasteiger partial charge < -0.3 is 15.2 Å². The van der Waals surface area contributed by atoms with E-state index in [1.54, 1.807) is 24.3 Å². The summed E-state index contributed by atoms with van der Waals surface area (Å²) in [6, 6.07) is 13.8. The van der Waals surface area contributed by atoms with Crippen LogP contribution in [0.2, 0.25) is 0 Å². The molecule has 5 nitrogen and oxygen atoms in total. The lowest BCUT2D eigenvalue weighted by atomic mass is 10.2. The summed E-state index contributed by atoms with van der Waals surface area (Å²) in [7, 11) is 0. The van der Waals surface area contributed by atoms with E-state index in [1.807, 2.05) is 31.2 Å². The number of nitrogens with one attached hydrogen (secondary N) is 1. The Morgan fingerprint density at radius 3 is 2.24 bits per heavy atom. The lowest BCUT2D eigenvalue weighted by Gasteiger charge is -2.07. The molecular weight excluding hydrogens is 270 g/mol. The molecule has 5 heteroatoms. The summed E-state index contributed by atoms with van der Waals surface area (Å²) in [5.41, 5.74) is 2.31. The van der Waals surface area contributed by atoms with Crippen LogP contribution in [-0.2, 0) is 4.79 Å². The van der Waals surface area contributed by atoms with Gasteiger partial charge in [0.1, 0.15) is 5.75 Å². The van der Waals surface area contributed by atoms with E-state index in [1.165, 1.54) is 0 Å². The Hall–Kier alpha value is -2.82. The van der Waals surface area contributed by atoms with E-state index in [9.17, 15) is 9.59 Å². The first-order valence-electron chi connectivity index (χ1n) is 6.37. The first-order valence-corrected chi connectivity index (χ1v) is 6.37. The predicted octanol–water partition coefficient (Wildman–Crippen LogP) is 2.71. The number of carbonyl (C=O) groups excluding carboxylic acids is 1. The number of aryl methyl sites for hydroxylation is 1. The van der Waals surface area contributed by atoms with Crippen LogP contribution in [-0.4, -0.2) is 23.6 Å². The van der Waals surface area contributed by atoms with Crippen LogP contribution in [0.15, 0.2) is 48.5 Å². The molecule has 108 valence electrons. The number of ether oxygens (including phenoxy) is 1. The van der Waals surface area contributed by atoms with Crippen LogP contribution < -0.4 is 10.1 Å². The smallest absolute Gasteiger partial charge is 0.341 e. The highest BCUT2D eigenvalue weighted by atomic mass is 16.5. The van der Waals surface area contributed by atoms with Crippen molar-refractivity contribution in [2.45, 2.75) is 6.92 Å². The molecule has 2 N–H and O–H groups in total. The Labute approximate surface area is 122 Å². The Bertz CT molecular complexity index is 632. The highest BCUT2D eigenvalue weighted by molar-refractivity contribution is 6.04. The number of amides is 1. The molecule has 0 bridgehead atoms. The van der Waals surface area contributed by atoms with Crippen LogP contribution in [0.25, 0.3) is 0 Å². The van der Waals surface area contributed by atoms with E-state index in [2.05, 4.69) is 5.32 Å². The quantitative estimate of drug-likeness (QED) is 0.885. The molecule has 0 aliphatic heterocycles. The van der Waals surface area contributed by atoms with E-state index < -0.39 is 12.6 Å². The van der Waals surface area contributed by atoms with Gasteiger partial charge in [0.25, 0.3) is 5.91 Å². The van der Waals surface area contributed by atoms with Crippen LogP contribution in [0.5, 0.6) is 5.75 Å². The van der Waals surface area contributed by atoms with Crippen LogP contribution in [0.1, 0.15) is 15.9 Å². The summed E-state index contributed by atoms with van der Waals surface area (Å²) in [6.07, 6.45) is 0. The van der Waals surface area contributed by atoms with E-state index in [0.29, 0.717) is 11.3 Å². The van der Waals surface area contributed by atoms with Gasteiger partial charge in [-0.15, -0.1) is 0 Å². The van der Waals surface area contributed by atoms with Crippen LogP contribution in [0.3, 0.4) is 0 Å². The molecule has 0 aliphatic carbocycles. The normalized spacial score (nSPS) is 9.95. The second-order valence-corrected chi connectivity index (χ2v) is 4.53. The van der Waals surface area contributed by atoms with Crippen molar-refractivity contribution in [1.82, 2.24) is 0 Å². The largest absolute Gasteiger partial charge is 0.482 e. The van der Waals surface area contributed by atoms with E-state index in [0.717, 1.165) is 11.3 Å². The van der Waals surface area contributed by atoms with Gasteiger partial charge in [0.05, 0.1) is 0 Å². The summed E-state index contributed by atoms with van der Waals surface area (Å²) in [5.74, 6) is -0.871. The number of carboxylic acid groups (broad SMARTS) is 1. The summed E-state index contributed by atoms with van der Waals surface area (Å²) in [6.45, 7) is 1.57. The maximum absolute atomic E-state index is 12.0. The third-order valence-corrected chi connectivity index (χ3v) is 2.79. The number of aliphatic carboxylic acids is 1. The Balaban J connectivity index is 1.99. The molecule has 0 aromatic heterocycles. The molecule has 0 spiro atoms. The lowest BCUT2D eigenvalue weighted by molar-refractivity contribution is -0.139. The molecule has 1 amide bonds. The minimum absolute atomic E-state index is 0.233. The first kappa shape index (κ1) is 14.6. The molecule has 2 aromatic rings. The molecule has 21 heavy (non-hydrogen) atoms. The molecule has 0 fully saturated rings. The summed E-state index contributed by atoms with van der Waals surface area (Å²) in [5, 5.41) is 11.3. The zero-order valence-electron chi connectivity index (χ0n) is 11.5. The molecule has 0 aliphatic rings. The highest BCUT2D eigenvalue weighted by Crippen LogP contribution is 2.14. The molecule has 0 saturated carbocycles. The van der Waals surface area contributed by atoms with Gasteiger partial charge in [0, 0.05) is 11.3 Å². The summed E-state index contributed by atoms with van der Waals surface area (Å²) >= 11 is 0. The first-order chi connectivity index (χ1) is 10.0. The van der Waals surface area contributed by atoms with Gasteiger partial charge in [0.15, 0.2) is 6.61 Å². The number of carbonyl (C=O) groups is 2. The molecule has 0 unspecified atom stereocenters. The van der Waals surface area contributed by atoms with E-state index in [-0.39, 0.29) is 5.91 Å². The average Bonchev–Trinajstić information content (AvgIpc) is 2.48. The van der Waals surface area contributed by atoms with Gasteiger partial charge in [-0.2, -0.15) is 0 Å². The van der Waals surface area contributed by atoms with Gasteiger partial charge >= 0.3 is 5.97 Å². The monoisotopic (exact) mass is 285 g/mol. The van der Waals surface area contributed by atoms with Crippen molar-refractivity contribution in [3.63, 3.8) is 0 Å². The fraction of sp³-hybridized carbons (Fsp3) is 0.125. The van der Waals surface area contributed by atoms with Crippen molar-refractivity contribution >= 4 is 17.6 Å². The minimum Gasteiger partial charge on any atom is -0.482 e. The molecule has 2 rings (SSSR count). The molecule has 0 atom stereocenters. The molecular formula is C16H15NO4. The molecule has 0 heterocycles. The zero-order valence-corrected chi connectivity index (χ0v) is 11.5. The van der Waals surface area contributed by atoms with Gasteiger partial charge in [-0.05, 0) is 43.3 Å². The predicted molar refractivity (Wildman–Crippen MR) is 78.7 cm³/mol. The zero-order chi connectivity index (χ0) is 15.2. The minimum atomic E-state index is -1.05. The molecule has 2 aromatic carbocycles. The fourth-order valence-electron chi connectivity index (χ4n) is 1.69. The third kappa shape index (κ3) is 4.35. The van der Waals surface area contributed by atoms with Crippen molar-refractivity contribution < 1.29 is 19.4 Å².